The van der Waals surface area contributed by atoms with Crippen LogP contribution in [0.1, 0.15) is 30.7 Å². The molecule has 0 spiro atoms. The Bertz CT molecular complexity index is 831. The lowest BCUT2D eigenvalue weighted by Crippen LogP contribution is -2.13. The quantitative estimate of drug-likeness (QED) is 0.802. The molecule has 3 aromatic rings. The van der Waals surface area contributed by atoms with Crippen LogP contribution in [0, 0.1) is 0 Å². The van der Waals surface area contributed by atoms with Gasteiger partial charge in [-0.3, -0.25) is 4.57 Å². The maximum Gasteiger partial charge on any atom is 0.419 e. The minimum absolute atomic E-state index is 0.294. The Labute approximate surface area is 125 Å². The second-order valence-corrected chi connectivity index (χ2v) is 5.24. The fourth-order valence-electron chi connectivity index (χ4n) is 2.37. The molecule has 1 unspecified atom stereocenters. The molecule has 0 aliphatic carbocycles. The topological polar surface area (TPSA) is 74.3 Å². The molecule has 21 heavy (non-hydrogen) atoms. The van der Waals surface area contributed by atoms with Gasteiger partial charge in [0.1, 0.15) is 5.76 Å². The Morgan fingerprint density at radius 3 is 2.76 bits per heavy atom. The number of halogens is 1. The molecule has 2 heterocycles. The molecule has 110 valence electrons. The maximum atomic E-state index is 11.8. The SMILES string of the molecule is CCCn1c(=O)oc2cc(C(N)c3ccc(Cl)o3)ccc21. The number of hydrogen-bond acceptors (Lipinski definition) is 4. The van der Waals surface area contributed by atoms with Crippen molar-refractivity contribution in [3.8, 4) is 0 Å². The molecule has 2 N–H and O–H groups in total. The van der Waals surface area contributed by atoms with E-state index in [9.17, 15) is 4.79 Å². The van der Waals surface area contributed by atoms with E-state index in [-0.39, 0.29) is 5.76 Å². The fourth-order valence-corrected chi connectivity index (χ4v) is 2.52. The van der Waals surface area contributed by atoms with E-state index in [0.29, 0.717) is 23.1 Å². The van der Waals surface area contributed by atoms with Crippen molar-refractivity contribution in [3.63, 3.8) is 0 Å². The van der Waals surface area contributed by atoms with Crippen LogP contribution in [0.2, 0.25) is 5.22 Å². The van der Waals surface area contributed by atoms with Gasteiger partial charge in [-0.25, -0.2) is 4.79 Å². The Kier molecular flexibility index (Phi) is 3.61. The minimum Gasteiger partial charge on any atom is -0.448 e. The maximum absolute atomic E-state index is 11.8. The summed E-state index contributed by atoms with van der Waals surface area (Å²) in [6.07, 6.45) is 0.862. The van der Waals surface area contributed by atoms with Crippen LogP contribution in [-0.4, -0.2) is 4.57 Å². The molecule has 0 fully saturated rings. The van der Waals surface area contributed by atoms with Crippen molar-refractivity contribution in [3.05, 3.63) is 57.4 Å². The average molecular weight is 307 g/mol. The van der Waals surface area contributed by atoms with Gasteiger partial charge < -0.3 is 14.6 Å². The van der Waals surface area contributed by atoms with Crippen molar-refractivity contribution in [1.82, 2.24) is 4.57 Å². The summed E-state index contributed by atoms with van der Waals surface area (Å²) in [4.78, 5) is 11.8. The molecule has 0 saturated carbocycles. The predicted molar refractivity (Wildman–Crippen MR) is 80.5 cm³/mol. The molecule has 1 atom stereocenters. The molecule has 1 aromatic carbocycles. The standard InChI is InChI=1S/C15H15ClN2O3/c1-2-7-18-10-4-3-9(8-12(10)21-15(18)19)14(17)11-5-6-13(16)20-11/h3-6,8,14H,2,7,17H2,1H3. The van der Waals surface area contributed by atoms with Crippen LogP contribution >= 0.6 is 11.6 Å². The number of oxazole rings is 1. The number of hydrogen-bond donors (Lipinski definition) is 1. The first kappa shape index (κ1) is 14.0. The highest BCUT2D eigenvalue weighted by Crippen LogP contribution is 2.26. The number of nitrogens with two attached hydrogens (primary N) is 1. The predicted octanol–water partition coefficient (Wildman–Crippen LogP) is 3.30. The van der Waals surface area contributed by atoms with Crippen LogP contribution in [0.4, 0.5) is 0 Å². The van der Waals surface area contributed by atoms with E-state index in [1.165, 1.54) is 0 Å². The van der Waals surface area contributed by atoms with Crippen molar-refractivity contribution in [2.45, 2.75) is 25.9 Å². The zero-order valence-electron chi connectivity index (χ0n) is 11.5. The van der Waals surface area contributed by atoms with Gasteiger partial charge in [-0.05, 0) is 47.9 Å². The highest BCUT2D eigenvalue weighted by Gasteiger charge is 2.16. The van der Waals surface area contributed by atoms with E-state index in [0.717, 1.165) is 17.5 Å². The fraction of sp³-hybridized carbons (Fsp3) is 0.267. The minimum atomic E-state index is -0.457. The Morgan fingerprint density at radius 1 is 1.29 bits per heavy atom. The lowest BCUT2D eigenvalue weighted by Gasteiger charge is -2.09. The monoisotopic (exact) mass is 306 g/mol. The lowest BCUT2D eigenvalue weighted by molar-refractivity contribution is 0.490. The number of aryl methyl sites for hydroxylation is 1. The normalized spacial score (nSPS) is 12.9. The first-order chi connectivity index (χ1) is 10.1. The van der Waals surface area contributed by atoms with E-state index < -0.39 is 6.04 Å². The molecule has 0 aliphatic rings. The molecule has 0 saturated heterocycles. The van der Waals surface area contributed by atoms with Crippen LogP contribution in [0.15, 0.2) is 44.0 Å². The van der Waals surface area contributed by atoms with Crippen molar-refractivity contribution < 1.29 is 8.83 Å². The molecular weight excluding hydrogens is 292 g/mol. The van der Waals surface area contributed by atoms with Gasteiger partial charge >= 0.3 is 5.76 Å². The third kappa shape index (κ3) is 2.50. The summed E-state index contributed by atoms with van der Waals surface area (Å²) in [6.45, 7) is 2.64. The molecule has 0 amide bonds. The third-order valence-electron chi connectivity index (χ3n) is 3.40. The largest absolute Gasteiger partial charge is 0.448 e. The lowest BCUT2D eigenvalue weighted by atomic mass is 10.1. The Morgan fingerprint density at radius 2 is 2.10 bits per heavy atom. The zero-order chi connectivity index (χ0) is 15.0. The second kappa shape index (κ2) is 5.42. The molecule has 2 aromatic heterocycles. The van der Waals surface area contributed by atoms with Crippen molar-refractivity contribution in [2.75, 3.05) is 0 Å². The summed E-state index contributed by atoms with van der Waals surface area (Å²) in [5.74, 6) is 0.216. The van der Waals surface area contributed by atoms with Crippen LogP contribution in [-0.2, 0) is 6.54 Å². The smallest absolute Gasteiger partial charge is 0.419 e. The van der Waals surface area contributed by atoms with Gasteiger partial charge in [0, 0.05) is 6.54 Å². The van der Waals surface area contributed by atoms with E-state index in [2.05, 4.69) is 0 Å². The van der Waals surface area contributed by atoms with Gasteiger partial charge in [-0.1, -0.05) is 13.0 Å². The number of benzene rings is 1. The summed E-state index contributed by atoms with van der Waals surface area (Å²) in [6, 6.07) is 8.40. The second-order valence-electron chi connectivity index (χ2n) is 4.87. The first-order valence-electron chi connectivity index (χ1n) is 6.74. The van der Waals surface area contributed by atoms with Crippen LogP contribution in [0.3, 0.4) is 0 Å². The summed E-state index contributed by atoms with van der Waals surface area (Å²) < 4.78 is 12.2. The molecule has 0 aliphatic heterocycles. The summed E-state index contributed by atoms with van der Waals surface area (Å²) in [5, 5.41) is 0.294. The Balaban J connectivity index is 2.03. The first-order valence-corrected chi connectivity index (χ1v) is 7.12. The van der Waals surface area contributed by atoms with Crippen molar-refractivity contribution in [1.29, 1.82) is 0 Å². The molecule has 0 radical (unpaired) electrons. The van der Waals surface area contributed by atoms with E-state index in [4.69, 9.17) is 26.2 Å². The van der Waals surface area contributed by atoms with Crippen LogP contribution < -0.4 is 11.5 Å². The molecule has 6 heteroatoms. The number of rotatable bonds is 4. The molecule has 3 rings (SSSR count). The van der Waals surface area contributed by atoms with Gasteiger partial charge in [-0.2, -0.15) is 0 Å². The molecule has 0 bridgehead atoms. The number of aromatic nitrogens is 1. The summed E-state index contributed by atoms with van der Waals surface area (Å²) >= 11 is 5.76. The van der Waals surface area contributed by atoms with Crippen LogP contribution in [0.5, 0.6) is 0 Å². The summed E-state index contributed by atoms with van der Waals surface area (Å²) in [7, 11) is 0. The zero-order valence-corrected chi connectivity index (χ0v) is 12.3. The number of furan rings is 1. The number of fused-ring (bicyclic) bond motifs is 1. The van der Waals surface area contributed by atoms with Gasteiger partial charge in [-0.15, -0.1) is 0 Å². The van der Waals surface area contributed by atoms with Crippen molar-refractivity contribution in [2.24, 2.45) is 5.73 Å². The highest BCUT2D eigenvalue weighted by atomic mass is 35.5. The summed E-state index contributed by atoms with van der Waals surface area (Å²) in [5.41, 5.74) is 8.24. The van der Waals surface area contributed by atoms with E-state index in [1.54, 1.807) is 22.8 Å². The van der Waals surface area contributed by atoms with Crippen molar-refractivity contribution >= 4 is 22.7 Å². The van der Waals surface area contributed by atoms with Crippen LogP contribution in [0.25, 0.3) is 11.1 Å². The van der Waals surface area contributed by atoms with Gasteiger partial charge in [0.2, 0.25) is 0 Å². The Hall–Kier alpha value is -1.98. The molecule has 5 nitrogen and oxygen atoms in total. The van der Waals surface area contributed by atoms with Gasteiger partial charge in [0.15, 0.2) is 10.8 Å². The van der Waals surface area contributed by atoms with Gasteiger partial charge in [0.05, 0.1) is 11.6 Å². The third-order valence-corrected chi connectivity index (χ3v) is 3.60. The number of nitrogens with zero attached hydrogens (tertiary/aromatic N) is 1. The van der Waals surface area contributed by atoms with E-state index >= 15 is 0 Å². The highest BCUT2D eigenvalue weighted by molar-refractivity contribution is 6.28. The molecular formula is C15H15ClN2O3. The van der Waals surface area contributed by atoms with E-state index in [1.807, 2.05) is 19.1 Å². The average Bonchev–Trinajstić information content (AvgIpc) is 3.02. The van der Waals surface area contributed by atoms with Gasteiger partial charge in [0.25, 0.3) is 0 Å².